The number of nitrogens with zero attached hydrogens (tertiary/aromatic N) is 1. The average Bonchev–Trinajstić information content (AvgIpc) is 3.03. The Balaban J connectivity index is 1.58. The lowest BCUT2D eigenvalue weighted by Gasteiger charge is -2.10. The molecule has 0 aliphatic carbocycles. The van der Waals surface area contributed by atoms with Gasteiger partial charge in [0.05, 0.1) is 10.9 Å². The number of hydrogen-bond acceptors (Lipinski definition) is 3. The zero-order chi connectivity index (χ0) is 19.7. The summed E-state index contributed by atoms with van der Waals surface area (Å²) in [6, 6.07) is 16.1. The Morgan fingerprint density at radius 1 is 1.00 bits per heavy atom. The average molecular weight is 396 g/mol. The zero-order valence-corrected chi connectivity index (χ0v) is 15.2. The van der Waals surface area contributed by atoms with Crippen LogP contribution >= 0.6 is 11.6 Å². The fraction of sp³-hybridized carbons (Fsp3) is 0. The topological polar surface area (TPSA) is 95.8 Å². The van der Waals surface area contributed by atoms with E-state index in [0.29, 0.717) is 38.7 Å². The lowest BCUT2D eigenvalue weighted by atomic mass is 10.0. The Morgan fingerprint density at radius 2 is 1.75 bits per heavy atom. The monoisotopic (exact) mass is 395 g/mol. The van der Waals surface area contributed by atoms with Gasteiger partial charge >= 0.3 is 6.03 Å². The van der Waals surface area contributed by atoms with Gasteiger partial charge in [0.1, 0.15) is 5.82 Å². The standard InChI is InChI=1S/C20H15ClFN5O/c21-11-3-1-4-12(9-11)24-20(28)25-13-7-8-14(16(22)10-13)15-5-2-6-17-18(15)19(23)27-26-17/h1-10H,(H3,23,26,27)(H2,24,25,28). The molecule has 6 nitrogen and oxygen atoms in total. The van der Waals surface area contributed by atoms with Crippen molar-refractivity contribution in [3.05, 3.63) is 71.5 Å². The maximum absolute atomic E-state index is 14.8. The quantitative estimate of drug-likeness (QED) is 0.381. The van der Waals surface area contributed by atoms with Crippen LogP contribution in [0.2, 0.25) is 5.02 Å². The second-order valence-corrected chi connectivity index (χ2v) is 6.56. The second-order valence-electron chi connectivity index (χ2n) is 6.12. The number of nitrogen functional groups attached to an aromatic ring is 1. The number of H-pyrrole nitrogens is 1. The van der Waals surface area contributed by atoms with Gasteiger partial charge in [0.25, 0.3) is 0 Å². The van der Waals surface area contributed by atoms with Crippen molar-refractivity contribution >= 4 is 45.7 Å². The molecule has 0 saturated carbocycles. The number of amides is 2. The molecule has 1 aromatic heterocycles. The maximum atomic E-state index is 14.8. The minimum Gasteiger partial charge on any atom is -0.382 e. The number of hydrogen-bond donors (Lipinski definition) is 4. The Kier molecular flexibility index (Phi) is 4.58. The zero-order valence-electron chi connectivity index (χ0n) is 14.5. The van der Waals surface area contributed by atoms with Gasteiger partial charge in [-0.15, -0.1) is 0 Å². The van der Waals surface area contributed by atoms with Gasteiger partial charge in [-0.1, -0.05) is 29.8 Å². The smallest absolute Gasteiger partial charge is 0.323 e. The summed E-state index contributed by atoms with van der Waals surface area (Å²) < 4.78 is 14.8. The lowest BCUT2D eigenvalue weighted by molar-refractivity contribution is 0.262. The van der Waals surface area contributed by atoms with E-state index >= 15 is 0 Å². The first-order valence-corrected chi connectivity index (χ1v) is 8.75. The van der Waals surface area contributed by atoms with Crippen LogP contribution in [0, 0.1) is 5.82 Å². The van der Waals surface area contributed by atoms with Gasteiger partial charge in [-0.25, -0.2) is 9.18 Å². The van der Waals surface area contributed by atoms with E-state index in [9.17, 15) is 9.18 Å². The van der Waals surface area contributed by atoms with Gasteiger partial charge in [0, 0.05) is 22.0 Å². The number of aromatic amines is 1. The maximum Gasteiger partial charge on any atom is 0.323 e. The highest BCUT2D eigenvalue weighted by Gasteiger charge is 2.14. The summed E-state index contributed by atoms with van der Waals surface area (Å²) in [6.45, 7) is 0. The number of fused-ring (bicyclic) bond motifs is 1. The van der Waals surface area contributed by atoms with Crippen molar-refractivity contribution in [2.24, 2.45) is 0 Å². The highest BCUT2D eigenvalue weighted by molar-refractivity contribution is 6.30. The third kappa shape index (κ3) is 3.47. The summed E-state index contributed by atoms with van der Waals surface area (Å²) in [5.41, 5.74) is 8.45. The van der Waals surface area contributed by atoms with E-state index < -0.39 is 11.8 Å². The van der Waals surface area contributed by atoms with Crippen LogP contribution in [-0.4, -0.2) is 16.2 Å². The van der Waals surface area contributed by atoms with Crippen molar-refractivity contribution in [1.82, 2.24) is 10.2 Å². The summed E-state index contributed by atoms with van der Waals surface area (Å²) in [4.78, 5) is 12.1. The first-order chi connectivity index (χ1) is 13.5. The molecule has 0 saturated heterocycles. The van der Waals surface area contributed by atoms with Crippen LogP contribution in [0.15, 0.2) is 60.7 Å². The Morgan fingerprint density at radius 3 is 2.50 bits per heavy atom. The summed E-state index contributed by atoms with van der Waals surface area (Å²) in [6.07, 6.45) is 0. The van der Waals surface area contributed by atoms with Crippen molar-refractivity contribution in [3.63, 3.8) is 0 Å². The number of nitrogens with one attached hydrogen (secondary N) is 3. The first kappa shape index (κ1) is 17.8. The van der Waals surface area contributed by atoms with Crippen LogP contribution in [0.1, 0.15) is 0 Å². The predicted molar refractivity (Wildman–Crippen MR) is 110 cm³/mol. The van der Waals surface area contributed by atoms with Crippen molar-refractivity contribution in [2.45, 2.75) is 0 Å². The van der Waals surface area contributed by atoms with Crippen molar-refractivity contribution in [2.75, 3.05) is 16.4 Å². The molecule has 0 fully saturated rings. The molecule has 5 N–H and O–H groups in total. The molecule has 28 heavy (non-hydrogen) atoms. The van der Waals surface area contributed by atoms with E-state index in [1.165, 1.54) is 6.07 Å². The minimum atomic E-state index is -0.504. The second kappa shape index (κ2) is 7.21. The number of benzene rings is 3. The molecular formula is C20H15ClFN5O. The Labute approximate surface area is 164 Å². The summed E-state index contributed by atoms with van der Waals surface area (Å²) >= 11 is 5.89. The highest BCUT2D eigenvalue weighted by atomic mass is 35.5. The van der Waals surface area contributed by atoms with E-state index in [0.717, 1.165) is 5.52 Å². The van der Waals surface area contributed by atoms with Gasteiger partial charge < -0.3 is 16.4 Å². The molecule has 4 rings (SSSR count). The van der Waals surface area contributed by atoms with Crippen LogP contribution in [0.5, 0.6) is 0 Å². The van der Waals surface area contributed by atoms with Crippen molar-refractivity contribution < 1.29 is 9.18 Å². The molecule has 1 heterocycles. The molecule has 0 aliphatic heterocycles. The van der Waals surface area contributed by atoms with Gasteiger partial charge in [0.15, 0.2) is 5.82 Å². The number of urea groups is 1. The summed E-state index contributed by atoms with van der Waals surface area (Å²) in [5.74, 6) is -0.193. The van der Waals surface area contributed by atoms with Crippen LogP contribution in [0.3, 0.4) is 0 Å². The van der Waals surface area contributed by atoms with Crippen LogP contribution in [-0.2, 0) is 0 Å². The minimum absolute atomic E-state index is 0.299. The molecule has 0 atom stereocenters. The van der Waals surface area contributed by atoms with Crippen LogP contribution in [0.4, 0.5) is 26.4 Å². The number of nitrogens with two attached hydrogens (primary N) is 1. The van der Waals surface area contributed by atoms with Crippen molar-refractivity contribution in [3.8, 4) is 11.1 Å². The molecule has 0 bridgehead atoms. The fourth-order valence-electron chi connectivity index (χ4n) is 2.99. The molecule has 4 aromatic rings. The van der Waals surface area contributed by atoms with Crippen LogP contribution < -0.4 is 16.4 Å². The number of aromatic nitrogens is 2. The van der Waals surface area contributed by atoms with E-state index in [1.54, 1.807) is 48.5 Å². The lowest BCUT2D eigenvalue weighted by Crippen LogP contribution is -2.19. The summed E-state index contributed by atoms with van der Waals surface area (Å²) in [7, 11) is 0. The molecule has 0 aliphatic rings. The molecule has 0 unspecified atom stereocenters. The van der Waals surface area contributed by atoms with Gasteiger partial charge in [-0.05, 0) is 48.0 Å². The molecule has 3 aromatic carbocycles. The number of rotatable bonds is 3. The first-order valence-electron chi connectivity index (χ1n) is 8.37. The van der Waals surface area contributed by atoms with E-state index in [1.807, 2.05) is 6.07 Å². The third-order valence-corrected chi connectivity index (χ3v) is 4.45. The van der Waals surface area contributed by atoms with Crippen molar-refractivity contribution in [1.29, 1.82) is 0 Å². The molecule has 140 valence electrons. The Hall–Kier alpha value is -3.58. The number of halogens is 2. The molecule has 0 spiro atoms. The summed E-state index contributed by atoms with van der Waals surface area (Å²) in [5, 5.41) is 13.2. The number of carbonyl (C=O) groups is 1. The largest absolute Gasteiger partial charge is 0.382 e. The normalized spacial score (nSPS) is 10.8. The van der Waals surface area contributed by atoms with Crippen LogP contribution in [0.25, 0.3) is 22.0 Å². The highest BCUT2D eigenvalue weighted by Crippen LogP contribution is 2.33. The number of anilines is 3. The number of carbonyl (C=O) groups excluding carboxylic acids is 1. The van der Waals surface area contributed by atoms with Gasteiger partial charge in [-0.2, -0.15) is 5.10 Å². The molecule has 0 radical (unpaired) electrons. The molecule has 2 amide bonds. The van der Waals surface area contributed by atoms with Gasteiger partial charge in [0.2, 0.25) is 0 Å². The van der Waals surface area contributed by atoms with Gasteiger partial charge in [-0.3, -0.25) is 5.10 Å². The molecule has 8 heteroatoms. The molecular weight excluding hydrogens is 381 g/mol. The third-order valence-electron chi connectivity index (χ3n) is 4.22. The predicted octanol–water partition coefficient (Wildman–Crippen LogP) is 5.25. The Bertz CT molecular complexity index is 1190. The fourth-order valence-corrected chi connectivity index (χ4v) is 3.18. The van der Waals surface area contributed by atoms with E-state index in [2.05, 4.69) is 20.8 Å². The van der Waals surface area contributed by atoms with E-state index in [4.69, 9.17) is 17.3 Å². The van der Waals surface area contributed by atoms with E-state index in [-0.39, 0.29) is 0 Å². The SMILES string of the molecule is Nc1n[nH]c2cccc(-c3ccc(NC(=O)Nc4cccc(Cl)c4)cc3F)c12.